The fourth-order valence-corrected chi connectivity index (χ4v) is 5.16. The van der Waals surface area contributed by atoms with Crippen molar-refractivity contribution in [2.24, 2.45) is 0 Å². The average Bonchev–Trinajstić information content (AvgIpc) is 2.83. The molecular formula is C28H30O11. The molecule has 0 saturated carbocycles. The number of hydrogen-bond donors (Lipinski definition) is 4. The molecular weight excluding hydrogens is 512 g/mol. The number of methoxy groups -OCH3 is 1. The number of ketones is 1. The third-order valence-electron chi connectivity index (χ3n) is 6.71. The number of benzene rings is 2. The SMILES string of the molecule is COc1cc(O)c2c(c1)[C@@](O)([C@@H]1OC[C@@H](OC(C)=O)[C@@H](OC(=O)C=C(C)C)[C@@H]1O)c1cc(C)cc(O)c1C2=O. The van der Waals surface area contributed by atoms with E-state index in [1.165, 1.54) is 37.5 Å². The van der Waals surface area contributed by atoms with Crippen LogP contribution in [-0.2, 0) is 29.4 Å². The van der Waals surface area contributed by atoms with Gasteiger partial charge < -0.3 is 39.4 Å². The molecule has 2 aromatic rings. The first-order valence-corrected chi connectivity index (χ1v) is 12.1. The number of aliphatic hydroxyl groups is 2. The molecule has 0 amide bonds. The van der Waals surface area contributed by atoms with Gasteiger partial charge in [-0.25, -0.2) is 4.79 Å². The van der Waals surface area contributed by atoms with Crippen molar-refractivity contribution in [2.75, 3.05) is 13.7 Å². The number of phenols is 2. The van der Waals surface area contributed by atoms with Crippen LogP contribution in [0.3, 0.4) is 0 Å². The first-order chi connectivity index (χ1) is 18.3. The second-order valence-corrected chi connectivity index (χ2v) is 9.89. The van der Waals surface area contributed by atoms with E-state index in [2.05, 4.69) is 0 Å². The van der Waals surface area contributed by atoms with Crippen molar-refractivity contribution in [3.63, 3.8) is 0 Å². The molecule has 0 bridgehead atoms. The predicted molar refractivity (Wildman–Crippen MR) is 135 cm³/mol. The van der Waals surface area contributed by atoms with Gasteiger partial charge in [0.15, 0.2) is 12.2 Å². The number of fused-ring (bicyclic) bond motifs is 2. The van der Waals surface area contributed by atoms with Gasteiger partial charge in [0.1, 0.15) is 35.1 Å². The lowest BCUT2D eigenvalue weighted by atomic mass is 9.68. The Morgan fingerprint density at radius 3 is 2.23 bits per heavy atom. The molecule has 1 saturated heterocycles. The molecule has 4 N–H and O–H groups in total. The second kappa shape index (κ2) is 10.3. The number of esters is 2. The van der Waals surface area contributed by atoms with E-state index in [9.17, 15) is 34.8 Å². The van der Waals surface area contributed by atoms with E-state index in [0.717, 1.165) is 6.92 Å². The van der Waals surface area contributed by atoms with E-state index in [-0.39, 0.29) is 28.0 Å². The van der Waals surface area contributed by atoms with Gasteiger partial charge in [-0.15, -0.1) is 0 Å². The van der Waals surface area contributed by atoms with Crippen LogP contribution in [0.2, 0.25) is 0 Å². The van der Waals surface area contributed by atoms with Crippen LogP contribution in [0.4, 0.5) is 0 Å². The Labute approximate surface area is 224 Å². The van der Waals surface area contributed by atoms with Crippen LogP contribution in [0.15, 0.2) is 35.9 Å². The van der Waals surface area contributed by atoms with Gasteiger partial charge in [0.2, 0.25) is 5.78 Å². The number of ether oxygens (including phenoxy) is 4. The van der Waals surface area contributed by atoms with Crippen LogP contribution in [0.5, 0.6) is 17.2 Å². The summed E-state index contributed by atoms with van der Waals surface area (Å²) in [5.74, 6) is -3.21. The highest BCUT2D eigenvalue weighted by molar-refractivity contribution is 6.16. The predicted octanol–water partition coefficient (Wildman–Crippen LogP) is 1.76. The summed E-state index contributed by atoms with van der Waals surface area (Å²) in [4.78, 5) is 37.8. The van der Waals surface area contributed by atoms with Gasteiger partial charge in [-0.05, 0) is 38.5 Å². The first-order valence-electron chi connectivity index (χ1n) is 12.1. The van der Waals surface area contributed by atoms with Crippen LogP contribution in [0.25, 0.3) is 0 Å². The molecule has 0 unspecified atom stereocenters. The van der Waals surface area contributed by atoms with Crippen molar-refractivity contribution >= 4 is 17.7 Å². The number of aryl methyl sites for hydroxylation is 1. The van der Waals surface area contributed by atoms with E-state index < -0.39 is 65.8 Å². The normalized spacial score (nSPS) is 25.7. The van der Waals surface area contributed by atoms with Gasteiger partial charge >= 0.3 is 11.9 Å². The summed E-state index contributed by atoms with van der Waals surface area (Å²) in [5, 5.41) is 45.5. The third-order valence-corrected chi connectivity index (χ3v) is 6.71. The summed E-state index contributed by atoms with van der Waals surface area (Å²) >= 11 is 0. The smallest absolute Gasteiger partial charge is 0.331 e. The maximum atomic E-state index is 13.5. The Bertz CT molecular complexity index is 1370. The van der Waals surface area contributed by atoms with E-state index in [0.29, 0.717) is 11.1 Å². The lowest BCUT2D eigenvalue weighted by Crippen LogP contribution is -2.63. The maximum Gasteiger partial charge on any atom is 0.331 e. The molecule has 11 nitrogen and oxygen atoms in total. The molecule has 1 fully saturated rings. The Morgan fingerprint density at radius 2 is 1.64 bits per heavy atom. The van der Waals surface area contributed by atoms with Crippen molar-refractivity contribution in [3.8, 4) is 17.2 Å². The number of carbonyl (C=O) groups excluding carboxylic acids is 3. The van der Waals surface area contributed by atoms with Crippen molar-refractivity contribution < 1.29 is 53.8 Å². The van der Waals surface area contributed by atoms with Gasteiger partial charge in [0.25, 0.3) is 0 Å². The fraction of sp³-hybridized carbons (Fsp3) is 0.393. The molecule has 11 heteroatoms. The van der Waals surface area contributed by atoms with Crippen LogP contribution in [-0.4, -0.2) is 76.3 Å². The monoisotopic (exact) mass is 542 g/mol. The number of hydrogen-bond acceptors (Lipinski definition) is 11. The van der Waals surface area contributed by atoms with Gasteiger partial charge in [-0.3, -0.25) is 9.59 Å². The van der Waals surface area contributed by atoms with Crippen LogP contribution >= 0.6 is 0 Å². The zero-order chi connectivity index (χ0) is 28.8. The molecule has 2 aromatic carbocycles. The van der Waals surface area contributed by atoms with Gasteiger partial charge in [-0.1, -0.05) is 11.6 Å². The van der Waals surface area contributed by atoms with Crippen LogP contribution in [0.1, 0.15) is 53.4 Å². The summed E-state index contributed by atoms with van der Waals surface area (Å²) < 4.78 is 21.8. The minimum atomic E-state index is -2.38. The van der Waals surface area contributed by atoms with Crippen molar-refractivity contribution in [1.29, 1.82) is 0 Å². The molecule has 2 aliphatic rings. The van der Waals surface area contributed by atoms with Crippen molar-refractivity contribution in [1.82, 2.24) is 0 Å². The largest absolute Gasteiger partial charge is 0.507 e. The highest BCUT2D eigenvalue weighted by atomic mass is 16.6. The number of rotatable bonds is 5. The molecule has 1 aliphatic carbocycles. The Hall–Kier alpha value is -3.93. The van der Waals surface area contributed by atoms with Gasteiger partial charge in [0.05, 0.1) is 24.8 Å². The highest BCUT2D eigenvalue weighted by Gasteiger charge is 2.58. The number of carbonyl (C=O) groups is 3. The minimum Gasteiger partial charge on any atom is -0.507 e. The topological polar surface area (TPSA) is 169 Å². The van der Waals surface area contributed by atoms with Crippen LogP contribution in [0, 0.1) is 6.92 Å². The summed E-state index contributed by atoms with van der Waals surface area (Å²) in [7, 11) is 1.32. The fourth-order valence-electron chi connectivity index (χ4n) is 5.16. The molecule has 4 rings (SSSR count). The van der Waals surface area contributed by atoms with E-state index in [1.54, 1.807) is 20.8 Å². The van der Waals surface area contributed by atoms with E-state index in [1.807, 2.05) is 0 Å². The lowest BCUT2D eigenvalue weighted by molar-refractivity contribution is -0.243. The number of aromatic hydroxyl groups is 2. The number of aliphatic hydroxyl groups excluding tert-OH is 1. The summed E-state index contributed by atoms with van der Waals surface area (Å²) in [6.07, 6.45) is -4.97. The standard InChI is InChI=1S/C28H30O11/c1-12(2)6-21(32)39-26-20(38-14(4)29)11-37-27(25(26)34)28(35)16-7-13(3)8-18(30)22(16)24(33)23-17(28)9-15(36-5)10-19(23)31/h6-10,20,25-27,30-31,34-35H,11H2,1-5H3/t20-,25+,26-,27-,28-/m1/s1. The maximum absolute atomic E-state index is 13.5. The van der Waals surface area contributed by atoms with Crippen molar-refractivity contribution in [2.45, 2.75) is 57.7 Å². The lowest BCUT2D eigenvalue weighted by Gasteiger charge is -2.48. The zero-order valence-corrected chi connectivity index (χ0v) is 22.0. The van der Waals surface area contributed by atoms with Crippen molar-refractivity contribution in [3.05, 3.63) is 63.7 Å². The summed E-state index contributed by atoms with van der Waals surface area (Å²) in [6, 6.07) is 5.26. The molecule has 0 spiro atoms. The first kappa shape index (κ1) is 28.1. The summed E-state index contributed by atoms with van der Waals surface area (Å²) in [5.41, 5.74) is -2.19. The summed E-state index contributed by atoms with van der Waals surface area (Å²) in [6.45, 7) is 5.70. The third kappa shape index (κ3) is 4.84. The average molecular weight is 543 g/mol. The van der Waals surface area contributed by atoms with Gasteiger partial charge in [0, 0.05) is 30.2 Å². The minimum absolute atomic E-state index is 0.0902. The molecule has 208 valence electrons. The number of allylic oxidation sites excluding steroid dienone is 1. The second-order valence-electron chi connectivity index (χ2n) is 9.89. The Balaban J connectivity index is 1.94. The number of phenolic OH excluding ortho intramolecular Hbond substituents is 2. The molecule has 5 atom stereocenters. The molecule has 0 aromatic heterocycles. The highest BCUT2D eigenvalue weighted by Crippen LogP contribution is 2.51. The van der Waals surface area contributed by atoms with E-state index >= 15 is 0 Å². The Kier molecular flexibility index (Phi) is 7.44. The van der Waals surface area contributed by atoms with Crippen LogP contribution < -0.4 is 4.74 Å². The molecule has 1 heterocycles. The van der Waals surface area contributed by atoms with Gasteiger partial charge in [-0.2, -0.15) is 0 Å². The quantitative estimate of drug-likeness (QED) is 0.321. The Morgan fingerprint density at radius 1 is 1.03 bits per heavy atom. The zero-order valence-electron chi connectivity index (χ0n) is 22.0. The van der Waals surface area contributed by atoms with E-state index in [4.69, 9.17) is 18.9 Å². The molecule has 0 radical (unpaired) electrons. The molecule has 39 heavy (non-hydrogen) atoms. The molecule has 1 aliphatic heterocycles.